The number of hydrogen-bond acceptors (Lipinski definition) is 4. The maximum absolute atomic E-state index is 12.4. The van der Waals surface area contributed by atoms with Crippen LogP contribution in [0, 0.1) is 13.8 Å². The molecule has 2 aromatic rings. The molecule has 0 bridgehead atoms. The average Bonchev–Trinajstić information content (AvgIpc) is 2.42. The first-order chi connectivity index (χ1) is 9.83. The Morgan fingerprint density at radius 1 is 1.10 bits per heavy atom. The van der Waals surface area contributed by atoms with Gasteiger partial charge in [-0.3, -0.25) is 4.72 Å². The van der Waals surface area contributed by atoms with E-state index in [1.807, 2.05) is 26.0 Å². The predicted molar refractivity (Wildman–Crippen MR) is 84.1 cm³/mol. The Labute approximate surface area is 124 Å². The summed E-state index contributed by atoms with van der Waals surface area (Å²) in [7, 11) is -2.21. The van der Waals surface area contributed by atoms with Crippen molar-refractivity contribution < 1.29 is 13.2 Å². The number of rotatable bonds is 4. The van der Waals surface area contributed by atoms with Crippen LogP contribution in [-0.4, -0.2) is 15.5 Å². The first-order valence-corrected chi connectivity index (χ1v) is 7.85. The van der Waals surface area contributed by atoms with E-state index in [0.717, 1.165) is 11.1 Å². The minimum absolute atomic E-state index is 0.0988. The molecule has 0 atom stereocenters. The van der Waals surface area contributed by atoms with Crippen molar-refractivity contribution in [2.45, 2.75) is 18.7 Å². The van der Waals surface area contributed by atoms with Crippen LogP contribution < -0.4 is 15.2 Å². The van der Waals surface area contributed by atoms with Crippen molar-refractivity contribution in [3.63, 3.8) is 0 Å². The third-order valence-electron chi connectivity index (χ3n) is 3.15. The predicted octanol–water partition coefficient (Wildman–Crippen LogP) is 2.70. The molecular weight excluding hydrogens is 288 g/mol. The molecule has 0 fully saturated rings. The molecule has 0 amide bonds. The van der Waals surface area contributed by atoms with E-state index in [1.54, 1.807) is 6.07 Å². The molecule has 0 aliphatic carbocycles. The van der Waals surface area contributed by atoms with Crippen LogP contribution in [0.1, 0.15) is 11.1 Å². The number of hydrogen-bond donors (Lipinski definition) is 2. The van der Waals surface area contributed by atoms with Crippen LogP contribution >= 0.6 is 0 Å². The van der Waals surface area contributed by atoms with E-state index in [-0.39, 0.29) is 10.6 Å². The van der Waals surface area contributed by atoms with Gasteiger partial charge in [-0.2, -0.15) is 0 Å². The van der Waals surface area contributed by atoms with Crippen molar-refractivity contribution in [3.05, 3.63) is 47.5 Å². The highest BCUT2D eigenvalue weighted by Crippen LogP contribution is 2.26. The van der Waals surface area contributed by atoms with Gasteiger partial charge in [0.05, 0.1) is 23.4 Å². The molecule has 2 rings (SSSR count). The van der Waals surface area contributed by atoms with Crippen LogP contribution in [0.3, 0.4) is 0 Å². The molecule has 21 heavy (non-hydrogen) atoms. The topological polar surface area (TPSA) is 81.4 Å². The largest absolute Gasteiger partial charge is 0.495 e. The van der Waals surface area contributed by atoms with E-state index in [2.05, 4.69) is 4.72 Å². The fourth-order valence-electron chi connectivity index (χ4n) is 1.93. The minimum Gasteiger partial charge on any atom is -0.495 e. The molecule has 0 aromatic heterocycles. The second kappa shape index (κ2) is 5.65. The zero-order valence-corrected chi connectivity index (χ0v) is 13.0. The smallest absolute Gasteiger partial charge is 0.261 e. The van der Waals surface area contributed by atoms with Crippen LogP contribution in [0.25, 0.3) is 0 Å². The lowest BCUT2D eigenvalue weighted by Gasteiger charge is -2.12. The van der Waals surface area contributed by atoms with Crippen molar-refractivity contribution in [1.82, 2.24) is 0 Å². The Hall–Kier alpha value is -2.21. The standard InChI is InChI=1S/C15H18N2O3S/c1-10-4-5-11(2)14(8-10)17-21(18,19)12-6-7-15(20-3)13(16)9-12/h4-9,17H,16H2,1-3H3. The Morgan fingerprint density at radius 2 is 1.81 bits per heavy atom. The zero-order chi connectivity index (χ0) is 15.6. The number of anilines is 2. The molecule has 2 aromatic carbocycles. The lowest BCUT2D eigenvalue weighted by atomic mass is 10.1. The van der Waals surface area contributed by atoms with Gasteiger partial charge in [-0.05, 0) is 49.2 Å². The van der Waals surface area contributed by atoms with Crippen LogP contribution in [-0.2, 0) is 10.0 Å². The summed E-state index contributed by atoms with van der Waals surface area (Å²) in [4.78, 5) is 0.0988. The number of nitrogens with one attached hydrogen (secondary N) is 1. The third-order valence-corrected chi connectivity index (χ3v) is 4.51. The van der Waals surface area contributed by atoms with E-state index in [1.165, 1.54) is 25.3 Å². The highest BCUT2D eigenvalue weighted by molar-refractivity contribution is 7.92. The molecule has 6 heteroatoms. The van der Waals surface area contributed by atoms with Crippen LogP contribution in [0.15, 0.2) is 41.3 Å². The number of nitrogens with two attached hydrogens (primary N) is 1. The molecule has 112 valence electrons. The SMILES string of the molecule is COc1ccc(S(=O)(=O)Nc2cc(C)ccc2C)cc1N. The molecule has 0 aliphatic heterocycles. The van der Waals surface area contributed by atoms with Crippen molar-refractivity contribution in [2.24, 2.45) is 0 Å². The summed E-state index contributed by atoms with van der Waals surface area (Å²) in [6, 6.07) is 9.97. The molecule has 0 spiro atoms. The molecule has 0 saturated heterocycles. The molecule has 0 heterocycles. The van der Waals surface area contributed by atoms with E-state index in [0.29, 0.717) is 11.4 Å². The molecule has 0 unspecified atom stereocenters. The van der Waals surface area contributed by atoms with Gasteiger partial charge >= 0.3 is 0 Å². The number of nitrogen functional groups attached to an aromatic ring is 1. The van der Waals surface area contributed by atoms with E-state index >= 15 is 0 Å². The molecule has 0 radical (unpaired) electrons. The van der Waals surface area contributed by atoms with Crippen LogP contribution in [0.2, 0.25) is 0 Å². The van der Waals surface area contributed by atoms with E-state index < -0.39 is 10.0 Å². The maximum Gasteiger partial charge on any atom is 0.261 e. The van der Waals surface area contributed by atoms with Gasteiger partial charge in [0.15, 0.2) is 0 Å². The Bertz CT molecular complexity index is 770. The second-order valence-corrected chi connectivity index (χ2v) is 6.51. The Morgan fingerprint density at radius 3 is 2.43 bits per heavy atom. The lowest BCUT2D eigenvalue weighted by molar-refractivity contribution is 0.416. The summed E-state index contributed by atoms with van der Waals surface area (Å²) in [6.07, 6.45) is 0. The number of sulfonamides is 1. The first kappa shape index (κ1) is 15.2. The Kier molecular flexibility index (Phi) is 4.09. The van der Waals surface area contributed by atoms with Crippen molar-refractivity contribution >= 4 is 21.4 Å². The molecule has 3 N–H and O–H groups in total. The summed E-state index contributed by atoms with van der Waals surface area (Å²) in [6.45, 7) is 3.75. The van der Waals surface area contributed by atoms with Gasteiger partial charge in [0.1, 0.15) is 5.75 Å². The van der Waals surface area contributed by atoms with Crippen molar-refractivity contribution in [1.29, 1.82) is 0 Å². The van der Waals surface area contributed by atoms with Gasteiger partial charge in [0, 0.05) is 0 Å². The number of methoxy groups -OCH3 is 1. The first-order valence-electron chi connectivity index (χ1n) is 6.37. The minimum atomic E-state index is -3.69. The van der Waals surface area contributed by atoms with Crippen LogP contribution in [0.4, 0.5) is 11.4 Å². The monoisotopic (exact) mass is 306 g/mol. The van der Waals surface area contributed by atoms with E-state index in [9.17, 15) is 8.42 Å². The molecule has 0 aliphatic rings. The maximum atomic E-state index is 12.4. The molecular formula is C15H18N2O3S. The summed E-state index contributed by atoms with van der Waals surface area (Å²) < 4.78 is 32.4. The fourth-order valence-corrected chi connectivity index (χ4v) is 3.09. The van der Waals surface area contributed by atoms with Gasteiger partial charge in [-0.15, -0.1) is 0 Å². The molecule has 5 nitrogen and oxygen atoms in total. The van der Waals surface area contributed by atoms with Gasteiger partial charge in [0.2, 0.25) is 0 Å². The van der Waals surface area contributed by atoms with Crippen molar-refractivity contribution in [2.75, 3.05) is 17.6 Å². The molecule has 0 saturated carbocycles. The van der Waals surface area contributed by atoms with Gasteiger partial charge in [-0.25, -0.2) is 8.42 Å². The van der Waals surface area contributed by atoms with Gasteiger partial charge in [-0.1, -0.05) is 12.1 Å². The zero-order valence-electron chi connectivity index (χ0n) is 12.2. The number of ether oxygens (including phenoxy) is 1. The highest BCUT2D eigenvalue weighted by atomic mass is 32.2. The van der Waals surface area contributed by atoms with Crippen molar-refractivity contribution in [3.8, 4) is 5.75 Å². The number of aryl methyl sites for hydroxylation is 2. The second-order valence-electron chi connectivity index (χ2n) is 4.83. The van der Waals surface area contributed by atoms with E-state index in [4.69, 9.17) is 10.5 Å². The van der Waals surface area contributed by atoms with Crippen LogP contribution in [0.5, 0.6) is 5.75 Å². The number of benzene rings is 2. The average molecular weight is 306 g/mol. The summed E-state index contributed by atoms with van der Waals surface area (Å²) >= 11 is 0. The highest BCUT2D eigenvalue weighted by Gasteiger charge is 2.17. The summed E-state index contributed by atoms with van der Waals surface area (Å²) in [5, 5.41) is 0. The third kappa shape index (κ3) is 3.28. The Balaban J connectivity index is 2.38. The normalized spacial score (nSPS) is 11.2. The van der Waals surface area contributed by atoms with Gasteiger partial charge in [0.25, 0.3) is 10.0 Å². The van der Waals surface area contributed by atoms with Gasteiger partial charge < -0.3 is 10.5 Å². The summed E-state index contributed by atoms with van der Waals surface area (Å²) in [5.74, 6) is 0.445. The quantitative estimate of drug-likeness (QED) is 0.851. The fraction of sp³-hybridized carbons (Fsp3) is 0.200. The lowest BCUT2D eigenvalue weighted by Crippen LogP contribution is -2.14. The summed E-state index contributed by atoms with van der Waals surface area (Å²) in [5.41, 5.74) is 8.43.